The maximum atomic E-state index is 12.1. The monoisotopic (exact) mass is 307 g/mol. The molecule has 2 rings (SSSR count). The lowest BCUT2D eigenvalue weighted by atomic mass is 9.97. The lowest BCUT2D eigenvalue weighted by Crippen LogP contribution is -2.47. The summed E-state index contributed by atoms with van der Waals surface area (Å²) in [6.45, 7) is 2.81. The third-order valence-electron chi connectivity index (χ3n) is 4.51. The summed E-state index contributed by atoms with van der Waals surface area (Å²) in [5.41, 5.74) is 1.47. The number of rotatable bonds is 8. The maximum absolute atomic E-state index is 12.1. The molecule has 1 atom stereocenters. The Morgan fingerprint density at radius 3 is 2.77 bits per heavy atom. The van der Waals surface area contributed by atoms with Crippen molar-refractivity contribution in [2.45, 2.75) is 64.0 Å². The number of likely N-dealkylation sites (N-methyl/N-ethyl adjacent to an activating group) is 1. The number of nitrogens with one attached hydrogen (secondary N) is 2. The second kappa shape index (κ2) is 8.32. The molecule has 1 saturated carbocycles. The molecule has 0 radical (unpaired) electrons. The molecule has 5 nitrogen and oxygen atoms in total. The zero-order chi connectivity index (χ0) is 15.9. The van der Waals surface area contributed by atoms with Crippen LogP contribution in [0.3, 0.4) is 0 Å². The number of amides is 2. The van der Waals surface area contributed by atoms with Crippen molar-refractivity contribution < 1.29 is 9.59 Å². The van der Waals surface area contributed by atoms with E-state index in [0.29, 0.717) is 12.6 Å². The molecule has 0 aromatic heterocycles. The van der Waals surface area contributed by atoms with Crippen LogP contribution in [0.2, 0.25) is 0 Å². The highest BCUT2D eigenvalue weighted by molar-refractivity contribution is 5.83. The molecule has 5 heteroatoms. The van der Waals surface area contributed by atoms with E-state index in [4.69, 9.17) is 0 Å². The minimum Gasteiger partial charge on any atom is -0.354 e. The van der Waals surface area contributed by atoms with Crippen LogP contribution in [0.4, 0.5) is 0 Å². The van der Waals surface area contributed by atoms with E-state index in [1.807, 2.05) is 14.0 Å². The van der Waals surface area contributed by atoms with Crippen LogP contribution in [-0.4, -0.2) is 48.9 Å². The minimum absolute atomic E-state index is 0.00173. The van der Waals surface area contributed by atoms with Gasteiger partial charge in [-0.2, -0.15) is 0 Å². The van der Waals surface area contributed by atoms with Crippen molar-refractivity contribution in [1.29, 1.82) is 0 Å². The fourth-order valence-corrected chi connectivity index (χ4v) is 2.69. The Morgan fingerprint density at radius 2 is 2.14 bits per heavy atom. The number of carbonyl (C=O) groups excluding carboxylic acids is 2. The van der Waals surface area contributed by atoms with Gasteiger partial charge in [-0.3, -0.25) is 14.5 Å². The van der Waals surface area contributed by atoms with Crippen LogP contribution in [0.5, 0.6) is 0 Å². The van der Waals surface area contributed by atoms with Crippen LogP contribution in [0.25, 0.3) is 0 Å². The van der Waals surface area contributed by atoms with Gasteiger partial charge in [-0.25, -0.2) is 0 Å². The van der Waals surface area contributed by atoms with E-state index in [0.717, 1.165) is 19.3 Å². The van der Waals surface area contributed by atoms with Gasteiger partial charge in [0.25, 0.3) is 0 Å². The number of nitrogens with zero attached hydrogens (tertiary/aromatic N) is 1. The van der Waals surface area contributed by atoms with Gasteiger partial charge in [0.2, 0.25) is 11.8 Å². The molecule has 0 aromatic rings. The van der Waals surface area contributed by atoms with E-state index in [9.17, 15) is 9.59 Å². The first-order valence-corrected chi connectivity index (χ1v) is 8.51. The van der Waals surface area contributed by atoms with Crippen LogP contribution in [0.15, 0.2) is 11.6 Å². The van der Waals surface area contributed by atoms with E-state index in [1.54, 1.807) is 4.90 Å². The van der Waals surface area contributed by atoms with Gasteiger partial charge in [0.15, 0.2) is 0 Å². The minimum atomic E-state index is -0.287. The van der Waals surface area contributed by atoms with Crippen LogP contribution >= 0.6 is 0 Å². The molecule has 2 N–H and O–H groups in total. The van der Waals surface area contributed by atoms with E-state index >= 15 is 0 Å². The predicted molar refractivity (Wildman–Crippen MR) is 87.4 cm³/mol. The second-order valence-electron chi connectivity index (χ2n) is 6.58. The molecular weight excluding hydrogens is 278 g/mol. The fourth-order valence-electron chi connectivity index (χ4n) is 2.69. The Hall–Kier alpha value is -1.36. The Labute approximate surface area is 133 Å². The van der Waals surface area contributed by atoms with Gasteiger partial charge in [0.1, 0.15) is 0 Å². The van der Waals surface area contributed by atoms with E-state index in [2.05, 4.69) is 16.7 Å². The molecule has 0 aromatic carbocycles. The summed E-state index contributed by atoms with van der Waals surface area (Å²) < 4.78 is 0. The van der Waals surface area contributed by atoms with Crippen molar-refractivity contribution in [3.05, 3.63) is 11.6 Å². The highest BCUT2D eigenvalue weighted by Gasteiger charge is 2.25. The first-order valence-electron chi connectivity index (χ1n) is 8.51. The van der Waals surface area contributed by atoms with Crippen molar-refractivity contribution in [3.63, 3.8) is 0 Å². The summed E-state index contributed by atoms with van der Waals surface area (Å²) in [6.07, 6.45) is 10.3. The smallest absolute Gasteiger partial charge is 0.237 e. The lowest BCUT2D eigenvalue weighted by molar-refractivity contribution is -0.127. The largest absolute Gasteiger partial charge is 0.354 e. The third kappa shape index (κ3) is 5.79. The van der Waals surface area contributed by atoms with Gasteiger partial charge >= 0.3 is 0 Å². The molecule has 2 amide bonds. The van der Waals surface area contributed by atoms with E-state index < -0.39 is 0 Å². The number of carbonyl (C=O) groups is 2. The SMILES string of the molecule is C[C@H](C(=O)NCCC1=CCCCC1)N(C)CC(=O)NC1CC1. The number of allylic oxidation sites excluding steroid dienone is 1. The number of hydrogen-bond donors (Lipinski definition) is 2. The normalized spacial score (nSPS) is 19.5. The molecule has 0 aliphatic heterocycles. The highest BCUT2D eigenvalue weighted by Crippen LogP contribution is 2.19. The van der Waals surface area contributed by atoms with E-state index in [-0.39, 0.29) is 24.4 Å². The molecule has 0 heterocycles. The summed E-state index contributed by atoms with van der Waals surface area (Å²) in [7, 11) is 1.82. The maximum Gasteiger partial charge on any atom is 0.237 e. The Morgan fingerprint density at radius 1 is 1.36 bits per heavy atom. The molecule has 2 aliphatic rings. The lowest BCUT2D eigenvalue weighted by Gasteiger charge is -2.23. The summed E-state index contributed by atoms with van der Waals surface area (Å²) in [6, 6.07) is 0.0825. The van der Waals surface area contributed by atoms with Crippen LogP contribution in [0.1, 0.15) is 51.9 Å². The Kier molecular flexibility index (Phi) is 6.43. The molecule has 0 bridgehead atoms. The number of hydrogen-bond acceptors (Lipinski definition) is 3. The predicted octanol–water partition coefficient (Wildman–Crippen LogP) is 1.59. The fraction of sp³-hybridized carbons (Fsp3) is 0.765. The van der Waals surface area contributed by atoms with Gasteiger partial charge in [0, 0.05) is 12.6 Å². The second-order valence-corrected chi connectivity index (χ2v) is 6.58. The molecule has 2 aliphatic carbocycles. The van der Waals surface area contributed by atoms with Crippen molar-refractivity contribution in [2.24, 2.45) is 0 Å². The van der Waals surface area contributed by atoms with Crippen molar-refractivity contribution >= 4 is 11.8 Å². The van der Waals surface area contributed by atoms with Crippen LogP contribution in [-0.2, 0) is 9.59 Å². The van der Waals surface area contributed by atoms with Gasteiger partial charge in [0.05, 0.1) is 12.6 Å². The molecule has 0 unspecified atom stereocenters. The topological polar surface area (TPSA) is 61.4 Å². The summed E-state index contributed by atoms with van der Waals surface area (Å²) in [4.78, 5) is 25.7. The van der Waals surface area contributed by atoms with Gasteiger partial charge < -0.3 is 10.6 Å². The van der Waals surface area contributed by atoms with E-state index in [1.165, 1.54) is 31.3 Å². The molecular formula is C17H29N3O2. The standard InChI is InChI=1S/C17H29N3O2/c1-13(20(2)12-16(21)19-15-8-9-15)17(22)18-11-10-14-6-4-3-5-7-14/h6,13,15H,3-5,7-12H2,1-2H3,(H,18,22)(H,19,21)/t13-/m1/s1. The molecule has 0 saturated heterocycles. The molecule has 0 spiro atoms. The zero-order valence-electron chi connectivity index (χ0n) is 13.9. The van der Waals surface area contributed by atoms with Crippen LogP contribution in [0, 0.1) is 0 Å². The average molecular weight is 307 g/mol. The first kappa shape index (κ1) is 17.0. The molecule has 1 fully saturated rings. The summed E-state index contributed by atoms with van der Waals surface area (Å²) >= 11 is 0. The summed E-state index contributed by atoms with van der Waals surface area (Å²) in [5.74, 6) is 0.00939. The Balaban J connectivity index is 1.64. The Bertz CT molecular complexity index is 430. The van der Waals surface area contributed by atoms with Crippen molar-refractivity contribution in [1.82, 2.24) is 15.5 Å². The van der Waals surface area contributed by atoms with Gasteiger partial charge in [-0.1, -0.05) is 11.6 Å². The molecule has 124 valence electrons. The average Bonchev–Trinajstić information content (AvgIpc) is 3.31. The quantitative estimate of drug-likeness (QED) is 0.670. The zero-order valence-corrected chi connectivity index (χ0v) is 13.9. The van der Waals surface area contributed by atoms with Crippen molar-refractivity contribution in [3.8, 4) is 0 Å². The summed E-state index contributed by atoms with van der Waals surface area (Å²) in [5, 5.41) is 5.93. The van der Waals surface area contributed by atoms with Gasteiger partial charge in [-0.05, 0) is 58.9 Å². The third-order valence-corrected chi connectivity index (χ3v) is 4.51. The van der Waals surface area contributed by atoms with Crippen molar-refractivity contribution in [2.75, 3.05) is 20.1 Å². The highest BCUT2D eigenvalue weighted by atomic mass is 16.2. The van der Waals surface area contributed by atoms with Gasteiger partial charge in [-0.15, -0.1) is 0 Å². The molecule has 22 heavy (non-hydrogen) atoms. The first-order chi connectivity index (χ1) is 10.6. The van der Waals surface area contributed by atoms with Crippen LogP contribution < -0.4 is 10.6 Å².